The molecule has 1 N–H and O–H groups in total. The molecule has 0 amide bonds. The molecular formula is C14H23N. The second-order valence-corrected chi connectivity index (χ2v) is 4.22. The molecule has 1 rings (SSSR count). The van der Waals surface area contributed by atoms with Crippen LogP contribution in [0.4, 0.5) is 0 Å². The van der Waals surface area contributed by atoms with Gasteiger partial charge >= 0.3 is 0 Å². The fourth-order valence-electron chi connectivity index (χ4n) is 1.72. The van der Waals surface area contributed by atoms with Crippen LogP contribution in [0.2, 0.25) is 0 Å². The minimum atomic E-state index is 0.618. The smallest absolute Gasteiger partial charge is 0.00174 e. The van der Waals surface area contributed by atoms with Crippen molar-refractivity contribution in [1.29, 1.82) is 0 Å². The molecule has 1 heteroatoms. The zero-order valence-corrected chi connectivity index (χ0v) is 10.00. The summed E-state index contributed by atoms with van der Waals surface area (Å²) in [6.07, 6.45) is 3.95. The molecule has 1 atom stereocenters. The molecule has 0 aliphatic rings. The van der Waals surface area contributed by atoms with Crippen LogP contribution in [0.5, 0.6) is 0 Å². The van der Waals surface area contributed by atoms with Gasteiger partial charge in [0.1, 0.15) is 0 Å². The van der Waals surface area contributed by atoms with Gasteiger partial charge in [-0.1, -0.05) is 57.0 Å². The zero-order valence-electron chi connectivity index (χ0n) is 10.00. The van der Waals surface area contributed by atoms with Crippen LogP contribution in [0.25, 0.3) is 0 Å². The number of unbranched alkanes of at least 4 members (excludes halogenated alkanes) is 2. The SMILES string of the molecule is CCCCCNC[C@@H](C)c1ccccc1. The Bertz CT molecular complexity index is 243. The van der Waals surface area contributed by atoms with E-state index in [1.807, 2.05) is 0 Å². The van der Waals surface area contributed by atoms with E-state index in [2.05, 4.69) is 49.5 Å². The first-order valence-corrected chi connectivity index (χ1v) is 6.10. The van der Waals surface area contributed by atoms with Crippen LogP contribution in [-0.2, 0) is 0 Å². The predicted molar refractivity (Wildman–Crippen MR) is 67.3 cm³/mol. The van der Waals surface area contributed by atoms with Gasteiger partial charge in [-0.3, -0.25) is 0 Å². The van der Waals surface area contributed by atoms with Gasteiger partial charge in [-0.2, -0.15) is 0 Å². The summed E-state index contributed by atoms with van der Waals surface area (Å²) in [5.41, 5.74) is 1.43. The van der Waals surface area contributed by atoms with E-state index in [4.69, 9.17) is 0 Å². The molecular weight excluding hydrogens is 182 g/mol. The second kappa shape index (κ2) is 7.47. The van der Waals surface area contributed by atoms with Gasteiger partial charge in [0, 0.05) is 6.54 Å². The first kappa shape index (κ1) is 12.3. The van der Waals surface area contributed by atoms with Crippen molar-refractivity contribution in [3.63, 3.8) is 0 Å². The molecule has 0 unspecified atom stereocenters. The summed E-state index contributed by atoms with van der Waals surface area (Å²) in [7, 11) is 0. The van der Waals surface area contributed by atoms with Crippen LogP contribution in [0.15, 0.2) is 30.3 Å². The molecule has 0 saturated heterocycles. The molecule has 1 aromatic carbocycles. The van der Waals surface area contributed by atoms with Crippen molar-refractivity contribution in [2.45, 2.75) is 39.0 Å². The fraction of sp³-hybridized carbons (Fsp3) is 0.571. The second-order valence-electron chi connectivity index (χ2n) is 4.22. The summed E-state index contributed by atoms with van der Waals surface area (Å²) in [5, 5.41) is 3.52. The van der Waals surface area contributed by atoms with E-state index in [-0.39, 0.29) is 0 Å². The van der Waals surface area contributed by atoms with Crippen LogP contribution < -0.4 is 5.32 Å². The van der Waals surface area contributed by atoms with Crippen LogP contribution >= 0.6 is 0 Å². The lowest BCUT2D eigenvalue weighted by Gasteiger charge is -2.12. The Morgan fingerprint density at radius 1 is 1.13 bits per heavy atom. The lowest BCUT2D eigenvalue weighted by Crippen LogP contribution is -2.21. The summed E-state index contributed by atoms with van der Waals surface area (Å²) >= 11 is 0. The van der Waals surface area contributed by atoms with Crippen molar-refractivity contribution in [1.82, 2.24) is 5.32 Å². The highest BCUT2D eigenvalue weighted by Gasteiger charge is 2.02. The Balaban J connectivity index is 2.16. The van der Waals surface area contributed by atoms with Gasteiger partial charge in [0.25, 0.3) is 0 Å². The molecule has 0 heterocycles. The van der Waals surface area contributed by atoms with Gasteiger partial charge in [0.15, 0.2) is 0 Å². The standard InChI is InChI=1S/C14H23N/c1-3-4-8-11-15-12-13(2)14-9-6-5-7-10-14/h5-7,9-10,13,15H,3-4,8,11-12H2,1-2H3/t13-/m1/s1. The van der Waals surface area contributed by atoms with E-state index in [0.29, 0.717) is 5.92 Å². The van der Waals surface area contributed by atoms with Gasteiger partial charge < -0.3 is 5.32 Å². The summed E-state index contributed by atoms with van der Waals surface area (Å²) in [4.78, 5) is 0. The highest BCUT2D eigenvalue weighted by Crippen LogP contribution is 2.12. The van der Waals surface area contributed by atoms with Crippen molar-refractivity contribution < 1.29 is 0 Å². The highest BCUT2D eigenvalue weighted by molar-refractivity contribution is 5.18. The molecule has 84 valence electrons. The Morgan fingerprint density at radius 2 is 1.87 bits per heavy atom. The molecule has 0 fully saturated rings. The van der Waals surface area contributed by atoms with Crippen molar-refractivity contribution in [3.05, 3.63) is 35.9 Å². The first-order chi connectivity index (χ1) is 7.34. The van der Waals surface area contributed by atoms with E-state index < -0.39 is 0 Å². The van der Waals surface area contributed by atoms with Gasteiger partial charge in [0.2, 0.25) is 0 Å². The zero-order chi connectivity index (χ0) is 10.9. The number of rotatable bonds is 7. The summed E-state index contributed by atoms with van der Waals surface area (Å²) in [6, 6.07) is 10.7. The third-order valence-electron chi connectivity index (χ3n) is 2.78. The quantitative estimate of drug-likeness (QED) is 0.671. The number of hydrogen-bond donors (Lipinski definition) is 1. The highest BCUT2D eigenvalue weighted by atomic mass is 14.8. The Labute approximate surface area is 93.9 Å². The minimum Gasteiger partial charge on any atom is -0.316 e. The lowest BCUT2D eigenvalue weighted by atomic mass is 10.0. The van der Waals surface area contributed by atoms with E-state index in [9.17, 15) is 0 Å². The maximum atomic E-state index is 3.52. The first-order valence-electron chi connectivity index (χ1n) is 6.10. The van der Waals surface area contributed by atoms with Crippen molar-refractivity contribution in [3.8, 4) is 0 Å². The van der Waals surface area contributed by atoms with Crippen LogP contribution in [0, 0.1) is 0 Å². The Morgan fingerprint density at radius 3 is 2.53 bits per heavy atom. The molecule has 0 saturated carbocycles. The fourth-order valence-corrected chi connectivity index (χ4v) is 1.72. The molecule has 0 radical (unpaired) electrons. The third-order valence-corrected chi connectivity index (χ3v) is 2.78. The number of hydrogen-bond acceptors (Lipinski definition) is 1. The van der Waals surface area contributed by atoms with Gasteiger partial charge in [-0.25, -0.2) is 0 Å². The average Bonchev–Trinajstić information content (AvgIpc) is 2.30. The number of nitrogens with one attached hydrogen (secondary N) is 1. The van der Waals surface area contributed by atoms with Crippen molar-refractivity contribution in [2.75, 3.05) is 13.1 Å². The van der Waals surface area contributed by atoms with Crippen molar-refractivity contribution >= 4 is 0 Å². The van der Waals surface area contributed by atoms with Crippen LogP contribution in [0.1, 0.15) is 44.6 Å². The van der Waals surface area contributed by atoms with Crippen LogP contribution in [0.3, 0.4) is 0 Å². The van der Waals surface area contributed by atoms with E-state index in [1.54, 1.807) is 0 Å². The molecule has 0 aromatic heterocycles. The Hall–Kier alpha value is -0.820. The number of benzene rings is 1. The Kier molecular flexibility index (Phi) is 6.10. The van der Waals surface area contributed by atoms with E-state index in [1.165, 1.54) is 24.8 Å². The third kappa shape index (κ3) is 4.98. The van der Waals surface area contributed by atoms with Gasteiger partial charge in [-0.05, 0) is 24.4 Å². The van der Waals surface area contributed by atoms with Crippen molar-refractivity contribution in [2.24, 2.45) is 0 Å². The van der Waals surface area contributed by atoms with Crippen LogP contribution in [-0.4, -0.2) is 13.1 Å². The van der Waals surface area contributed by atoms with Gasteiger partial charge in [0.05, 0.1) is 0 Å². The summed E-state index contributed by atoms with van der Waals surface area (Å²) < 4.78 is 0. The molecule has 0 aliphatic carbocycles. The molecule has 1 aromatic rings. The molecule has 1 nitrogen and oxygen atoms in total. The maximum absolute atomic E-state index is 3.52. The monoisotopic (exact) mass is 205 g/mol. The largest absolute Gasteiger partial charge is 0.316 e. The minimum absolute atomic E-state index is 0.618. The van der Waals surface area contributed by atoms with Gasteiger partial charge in [-0.15, -0.1) is 0 Å². The molecule has 0 spiro atoms. The molecule has 15 heavy (non-hydrogen) atoms. The van der Waals surface area contributed by atoms with E-state index in [0.717, 1.165) is 13.1 Å². The maximum Gasteiger partial charge on any atom is 0.00174 e. The molecule has 0 bridgehead atoms. The topological polar surface area (TPSA) is 12.0 Å². The normalized spacial score (nSPS) is 12.7. The summed E-state index contributed by atoms with van der Waals surface area (Å²) in [5.74, 6) is 0.618. The lowest BCUT2D eigenvalue weighted by molar-refractivity contribution is 0.578. The summed E-state index contributed by atoms with van der Waals surface area (Å²) in [6.45, 7) is 6.77. The van der Waals surface area contributed by atoms with E-state index >= 15 is 0 Å². The average molecular weight is 205 g/mol. The molecule has 0 aliphatic heterocycles. The predicted octanol–water partition coefficient (Wildman–Crippen LogP) is 3.57.